The first kappa shape index (κ1) is 17.6. The summed E-state index contributed by atoms with van der Waals surface area (Å²) in [5.74, 6) is 1.32. The summed E-state index contributed by atoms with van der Waals surface area (Å²) >= 11 is 0. The topological polar surface area (TPSA) is 84.2 Å². The van der Waals surface area contributed by atoms with E-state index in [0.29, 0.717) is 37.8 Å². The monoisotopic (exact) mass is 368 g/mol. The standard InChI is InChI=1S/C19H24N6O2/c1-13(2)25-18(26)8-6-16(22-25)19(27)24-11-9-23(10-12-24)17-7-5-15(20-21-17)14-3-4-14/h5-8,13-14H,3-4,9-12H2,1-2H3. The summed E-state index contributed by atoms with van der Waals surface area (Å²) in [6.45, 7) is 6.33. The lowest BCUT2D eigenvalue weighted by Gasteiger charge is -2.35. The molecule has 142 valence electrons. The maximum atomic E-state index is 12.8. The molecule has 0 radical (unpaired) electrons. The van der Waals surface area contributed by atoms with Gasteiger partial charge in [-0.05, 0) is 44.9 Å². The Morgan fingerprint density at radius 2 is 1.78 bits per heavy atom. The number of piperazine rings is 1. The van der Waals surface area contributed by atoms with Crippen LogP contribution < -0.4 is 10.5 Å². The molecule has 8 nitrogen and oxygen atoms in total. The van der Waals surface area contributed by atoms with Crippen molar-refractivity contribution in [3.63, 3.8) is 0 Å². The Morgan fingerprint density at radius 1 is 1.04 bits per heavy atom. The molecule has 1 saturated carbocycles. The average Bonchev–Trinajstić information content (AvgIpc) is 3.53. The van der Waals surface area contributed by atoms with Gasteiger partial charge in [-0.25, -0.2) is 4.68 Å². The van der Waals surface area contributed by atoms with Crippen LogP contribution in [0, 0.1) is 0 Å². The molecule has 0 unspecified atom stereocenters. The van der Waals surface area contributed by atoms with E-state index in [1.165, 1.54) is 29.7 Å². The molecule has 1 aliphatic carbocycles. The number of anilines is 1. The van der Waals surface area contributed by atoms with Crippen LogP contribution in [0.15, 0.2) is 29.1 Å². The van der Waals surface area contributed by atoms with Crippen molar-refractivity contribution in [1.82, 2.24) is 24.9 Å². The van der Waals surface area contributed by atoms with Gasteiger partial charge >= 0.3 is 0 Å². The van der Waals surface area contributed by atoms with E-state index in [0.717, 1.165) is 11.5 Å². The van der Waals surface area contributed by atoms with E-state index in [1.54, 1.807) is 4.90 Å². The summed E-state index contributed by atoms with van der Waals surface area (Å²) in [5.41, 5.74) is 1.20. The van der Waals surface area contributed by atoms with Gasteiger partial charge in [0, 0.05) is 38.2 Å². The zero-order chi connectivity index (χ0) is 19.0. The molecule has 2 aromatic heterocycles. The first-order valence-electron chi connectivity index (χ1n) is 9.50. The quantitative estimate of drug-likeness (QED) is 0.812. The predicted octanol–water partition coefficient (Wildman–Crippen LogP) is 1.45. The molecule has 2 fully saturated rings. The van der Waals surface area contributed by atoms with Gasteiger partial charge in [0.25, 0.3) is 11.5 Å². The largest absolute Gasteiger partial charge is 0.352 e. The van der Waals surface area contributed by atoms with E-state index in [-0.39, 0.29) is 17.5 Å². The normalized spacial score (nSPS) is 17.4. The molecule has 3 heterocycles. The van der Waals surface area contributed by atoms with Crippen LogP contribution in [0.1, 0.15) is 54.8 Å². The molecule has 8 heteroatoms. The van der Waals surface area contributed by atoms with Crippen molar-refractivity contribution < 1.29 is 4.79 Å². The van der Waals surface area contributed by atoms with Crippen molar-refractivity contribution >= 4 is 11.7 Å². The fourth-order valence-electron chi connectivity index (χ4n) is 3.31. The number of carbonyl (C=O) groups is 1. The molecule has 27 heavy (non-hydrogen) atoms. The van der Waals surface area contributed by atoms with Crippen LogP contribution in [-0.4, -0.2) is 57.0 Å². The summed E-state index contributed by atoms with van der Waals surface area (Å²) in [7, 11) is 0. The van der Waals surface area contributed by atoms with Gasteiger partial charge in [-0.3, -0.25) is 9.59 Å². The Labute approximate surface area is 157 Å². The molecule has 0 atom stereocenters. The zero-order valence-electron chi connectivity index (χ0n) is 15.7. The highest BCUT2D eigenvalue weighted by Gasteiger charge is 2.27. The van der Waals surface area contributed by atoms with Crippen LogP contribution in [0.25, 0.3) is 0 Å². The second-order valence-electron chi connectivity index (χ2n) is 7.47. The van der Waals surface area contributed by atoms with E-state index >= 15 is 0 Å². The van der Waals surface area contributed by atoms with Crippen LogP contribution in [0.2, 0.25) is 0 Å². The molecular weight excluding hydrogens is 344 g/mol. The first-order valence-corrected chi connectivity index (χ1v) is 9.50. The second kappa shape index (κ2) is 7.09. The average molecular weight is 368 g/mol. The predicted molar refractivity (Wildman–Crippen MR) is 101 cm³/mol. The Bertz CT molecular complexity index is 880. The molecule has 1 saturated heterocycles. The number of hydrogen-bond acceptors (Lipinski definition) is 6. The van der Waals surface area contributed by atoms with Crippen LogP contribution in [0.3, 0.4) is 0 Å². The molecule has 1 aliphatic heterocycles. The maximum Gasteiger partial charge on any atom is 0.274 e. The minimum Gasteiger partial charge on any atom is -0.352 e. The number of hydrogen-bond donors (Lipinski definition) is 0. The Morgan fingerprint density at radius 3 is 2.37 bits per heavy atom. The van der Waals surface area contributed by atoms with Gasteiger partial charge in [0.2, 0.25) is 0 Å². The lowest BCUT2D eigenvalue weighted by molar-refractivity contribution is 0.0737. The molecule has 0 N–H and O–H groups in total. The number of nitrogens with zero attached hydrogens (tertiary/aromatic N) is 6. The summed E-state index contributed by atoms with van der Waals surface area (Å²) in [5, 5.41) is 12.9. The summed E-state index contributed by atoms with van der Waals surface area (Å²) < 4.78 is 1.35. The van der Waals surface area contributed by atoms with Crippen molar-refractivity contribution in [2.75, 3.05) is 31.1 Å². The van der Waals surface area contributed by atoms with Crippen molar-refractivity contribution in [2.45, 2.75) is 38.6 Å². The summed E-state index contributed by atoms with van der Waals surface area (Å²) in [4.78, 5) is 28.5. The van der Waals surface area contributed by atoms with Crippen molar-refractivity contribution in [3.05, 3.63) is 46.0 Å². The maximum absolute atomic E-state index is 12.8. The molecule has 2 aromatic rings. The van der Waals surface area contributed by atoms with Crippen molar-refractivity contribution in [3.8, 4) is 0 Å². The van der Waals surface area contributed by atoms with Crippen LogP contribution in [0.4, 0.5) is 5.82 Å². The first-order chi connectivity index (χ1) is 13.0. The van der Waals surface area contributed by atoms with Crippen molar-refractivity contribution in [1.29, 1.82) is 0 Å². The second-order valence-corrected chi connectivity index (χ2v) is 7.47. The van der Waals surface area contributed by atoms with Gasteiger partial charge in [0.05, 0.1) is 11.7 Å². The number of rotatable bonds is 4. The third kappa shape index (κ3) is 3.70. The Hall–Kier alpha value is -2.77. The van der Waals surface area contributed by atoms with E-state index in [1.807, 2.05) is 19.9 Å². The van der Waals surface area contributed by atoms with Gasteiger partial charge in [-0.1, -0.05) is 0 Å². The SMILES string of the molecule is CC(C)n1nc(C(=O)N2CCN(c3ccc(C4CC4)nn3)CC2)ccc1=O. The molecule has 0 bridgehead atoms. The highest BCUT2D eigenvalue weighted by atomic mass is 16.2. The van der Waals surface area contributed by atoms with Gasteiger partial charge in [-0.2, -0.15) is 10.2 Å². The van der Waals surface area contributed by atoms with Gasteiger partial charge in [0.1, 0.15) is 5.69 Å². The Kier molecular flexibility index (Phi) is 4.63. The molecule has 0 aromatic carbocycles. The minimum atomic E-state index is -0.195. The van der Waals surface area contributed by atoms with E-state index in [4.69, 9.17) is 0 Å². The number of carbonyl (C=O) groups excluding carboxylic acids is 1. The fourth-order valence-corrected chi connectivity index (χ4v) is 3.31. The highest BCUT2D eigenvalue weighted by Crippen LogP contribution is 2.38. The van der Waals surface area contributed by atoms with E-state index in [9.17, 15) is 9.59 Å². The van der Waals surface area contributed by atoms with Crippen molar-refractivity contribution in [2.24, 2.45) is 0 Å². The number of amides is 1. The molecule has 2 aliphatic rings. The number of aromatic nitrogens is 4. The van der Waals surface area contributed by atoms with Gasteiger partial charge in [0.15, 0.2) is 5.82 Å². The van der Waals surface area contributed by atoms with E-state index in [2.05, 4.69) is 26.3 Å². The van der Waals surface area contributed by atoms with Crippen LogP contribution in [0.5, 0.6) is 0 Å². The van der Waals surface area contributed by atoms with Crippen LogP contribution >= 0.6 is 0 Å². The van der Waals surface area contributed by atoms with Gasteiger partial charge < -0.3 is 9.80 Å². The lowest BCUT2D eigenvalue weighted by atomic mass is 10.2. The molecule has 4 rings (SSSR count). The lowest BCUT2D eigenvalue weighted by Crippen LogP contribution is -2.49. The highest BCUT2D eigenvalue weighted by molar-refractivity contribution is 5.92. The van der Waals surface area contributed by atoms with Crippen LogP contribution in [-0.2, 0) is 0 Å². The van der Waals surface area contributed by atoms with E-state index < -0.39 is 0 Å². The fraction of sp³-hybridized carbons (Fsp3) is 0.526. The van der Waals surface area contributed by atoms with Gasteiger partial charge in [-0.15, -0.1) is 5.10 Å². The summed E-state index contributed by atoms with van der Waals surface area (Å²) in [6, 6.07) is 6.93. The smallest absolute Gasteiger partial charge is 0.274 e. The third-order valence-corrected chi connectivity index (χ3v) is 5.09. The summed E-state index contributed by atoms with van der Waals surface area (Å²) in [6.07, 6.45) is 2.43. The zero-order valence-corrected chi connectivity index (χ0v) is 15.7. The molecule has 0 spiro atoms. The Balaban J connectivity index is 1.40. The third-order valence-electron chi connectivity index (χ3n) is 5.09. The molecular formula is C19H24N6O2. The molecule has 1 amide bonds. The minimum absolute atomic E-state index is 0.0840.